The van der Waals surface area contributed by atoms with Crippen LogP contribution >= 0.6 is 0 Å². The summed E-state index contributed by atoms with van der Waals surface area (Å²) in [5.41, 5.74) is -1.70. The van der Waals surface area contributed by atoms with E-state index in [9.17, 15) is 28.1 Å². The van der Waals surface area contributed by atoms with Gasteiger partial charge in [-0.15, -0.1) is 0 Å². The number of carbonyl (C=O) groups excluding carboxylic acids is 2. The van der Waals surface area contributed by atoms with Crippen LogP contribution in [0.25, 0.3) is 0 Å². The smallest absolute Gasteiger partial charge is 0.326 e. The molecule has 1 fully saturated rings. The van der Waals surface area contributed by atoms with Crippen molar-refractivity contribution in [2.45, 2.75) is 32.2 Å². The zero-order valence-electron chi connectivity index (χ0n) is 11.6. The minimum absolute atomic E-state index is 0.0858. The summed E-state index contributed by atoms with van der Waals surface area (Å²) >= 11 is 0. The van der Waals surface area contributed by atoms with Gasteiger partial charge in [0, 0.05) is 31.6 Å². The molecular formula is C10H15N3O7S. The average molecular weight is 321 g/mol. The molecule has 2 N–H and O–H groups in total. The lowest BCUT2D eigenvalue weighted by Gasteiger charge is -2.17. The number of nitrogens with zero attached hydrogens (tertiary/aromatic N) is 1. The Kier molecular flexibility index (Phi) is 4.56. The number of amides is 3. The van der Waals surface area contributed by atoms with Crippen molar-refractivity contribution in [2.24, 2.45) is 0 Å². The van der Waals surface area contributed by atoms with Crippen molar-refractivity contribution in [2.75, 3.05) is 6.26 Å². The summed E-state index contributed by atoms with van der Waals surface area (Å²) in [6, 6.07) is -0.821. The Morgan fingerprint density at radius 2 is 1.90 bits per heavy atom. The summed E-state index contributed by atoms with van der Waals surface area (Å²) < 4.78 is 27.1. The van der Waals surface area contributed by atoms with Crippen LogP contribution < -0.4 is 10.6 Å². The zero-order chi connectivity index (χ0) is 16.4. The van der Waals surface area contributed by atoms with Crippen LogP contribution in [0, 0.1) is 10.1 Å². The van der Waals surface area contributed by atoms with Gasteiger partial charge < -0.3 is 4.18 Å². The predicted octanol–water partition coefficient (Wildman–Crippen LogP) is -0.151. The molecule has 0 radical (unpaired) electrons. The van der Waals surface area contributed by atoms with Crippen LogP contribution in [0.1, 0.15) is 26.7 Å². The first kappa shape index (κ1) is 16.9. The predicted molar refractivity (Wildman–Crippen MR) is 69.9 cm³/mol. The van der Waals surface area contributed by atoms with Gasteiger partial charge >= 0.3 is 16.1 Å². The molecule has 1 saturated heterocycles. The molecule has 118 valence electrons. The van der Waals surface area contributed by atoms with E-state index in [2.05, 4.69) is 9.50 Å². The number of imide groups is 1. The standard InChI is InChI=1S/C10H15N3O7S/c1-10(2,13(16)17)5-4-6(20-21(3,18)19)7-8(14)12-9(15)11-7/h4-5H2,1-3H3,(H2,11,12,14,15)/b7-6-. The molecule has 0 atom stereocenters. The van der Waals surface area contributed by atoms with Gasteiger partial charge in [-0.1, -0.05) is 0 Å². The minimum atomic E-state index is -3.95. The van der Waals surface area contributed by atoms with Crippen LogP contribution in [0.5, 0.6) is 0 Å². The number of hydrogen-bond donors (Lipinski definition) is 2. The van der Waals surface area contributed by atoms with Crippen LogP contribution in [0.3, 0.4) is 0 Å². The number of hydrogen-bond acceptors (Lipinski definition) is 7. The number of nitrogens with one attached hydrogen (secondary N) is 2. The monoisotopic (exact) mass is 321 g/mol. The van der Waals surface area contributed by atoms with Gasteiger partial charge in [0.2, 0.25) is 5.54 Å². The fourth-order valence-corrected chi connectivity index (χ4v) is 2.00. The molecule has 0 aromatic carbocycles. The van der Waals surface area contributed by atoms with E-state index in [1.165, 1.54) is 13.8 Å². The fraction of sp³-hybridized carbons (Fsp3) is 0.600. The highest BCUT2D eigenvalue weighted by atomic mass is 32.2. The minimum Gasteiger partial charge on any atom is -0.385 e. The molecule has 1 heterocycles. The van der Waals surface area contributed by atoms with E-state index < -0.39 is 32.5 Å². The molecule has 0 aromatic rings. The molecule has 1 aliphatic heterocycles. The average Bonchev–Trinajstić information content (AvgIpc) is 2.62. The van der Waals surface area contributed by atoms with Crippen molar-refractivity contribution in [3.05, 3.63) is 21.6 Å². The Balaban J connectivity index is 3.05. The lowest BCUT2D eigenvalue weighted by molar-refractivity contribution is -0.561. The Labute approximate surface area is 120 Å². The molecule has 21 heavy (non-hydrogen) atoms. The molecule has 3 amide bonds. The molecule has 1 aliphatic rings. The number of rotatable bonds is 6. The topological polar surface area (TPSA) is 145 Å². The maximum absolute atomic E-state index is 11.5. The second kappa shape index (κ2) is 5.68. The normalized spacial score (nSPS) is 18.0. The second-order valence-electron chi connectivity index (χ2n) is 5.06. The van der Waals surface area contributed by atoms with Gasteiger partial charge in [0.05, 0.1) is 6.26 Å². The molecule has 0 aliphatic carbocycles. The van der Waals surface area contributed by atoms with E-state index in [0.717, 1.165) is 6.26 Å². The van der Waals surface area contributed by atoms with Crippen LogP contribution in [-0.4, -0.2) is 37.1 Å². The van der Waals surface area contributed by atoms with Crippen LogP contribution in [-0.2, 0) is 19.1 Å². The number of nitro groups is 1. The maximum Gasteiger partial charge on any atom is 0.326 e. The van der Waals surface area contributed by atoms with E-state index >= 15 is 0 Å². The zero-order valence-corrected chi connectivity index (χ0v) is 12.4. The first-order valence-corrected chi connectivity index (χ1v) is 7.63. The first-order valence-electron chi connectivity index (χ1n) is 5.82. The SMILES string of the molecule is CC(C)(CC/C(OS(C)(=O)=O)=C1/NC(=O)NC1=O)[N+](=O)[O-]. The van der Waals surface area contributed by atoms with Crippen molar-refractivity contribution in [1.29, 1.82) is 0 Å². The van der Waals surface area contributed by atoms with Gasteiger partial charge in [-0.2, -0.15) is 8.42 Å². The fourth-order valence-electron chi connectivity index (χ4n) is 1.47. The van der Waals surface area contributed by atoms with Crippen LogP contribution in [0.2, 0.25) is 0 Å². The van der Waals surface area contributed by atoms with Crippen LogP contribution in [0.4, 0.5) is 4.79 Å². The molecule has 1 rings (SSSR count). The highest BCUT2D eigenvalue weighted by molar-refractivity contribution is 7.86. The lowest BCUT2D eigenvalue weighted by atomic mass is 9.98. The highest BCUT2D eigenvalue weighted by Crippen LogP contribution is 2.23. The third kappa shape index (κ3) is 4.70. The van der Waals surface area contributed by atoms with Crippen molar-refractivity contribution < 1.29 is 27.1 Å². The number of urea groups is 1. The molecule has 0 unspecified atom stereocenters. The molecule has 0 saturated carbocycles. The van der Waals surface area contributed by atoms with E-state index in [1.54, 1.807) is 0 Å². The third-order valence-electron chi connectivity index (χ3n) is 2.68. The summed E-state index contributed by atoms with van der Waals surface area (Å²) in [7, 11) is -3.95. The van der Waals surface area contributed by atoms with E-state index in [0.29, 0.717) is 0 Å². The molecular weight excluding hydrogens is 306 g/mol. The second-order valence-corrected chi connectivity index (χ2v) is 6.64. The number of carbonyl (C=O) groups is 2. The van der Waals surface area contributed by atoms with Gasteiger partial charge in [0.25, 0.3) is 5.91 Å². The van der Waals surface area contributed by atoms with Crippen molar-refractivity contribution >= 4 is 22.1 Å². The molecule has 10 nitrogen and oxygen atoms in total. The summed E-state index contributed by atoms with van der Waals surface area (Å²) in [6.45, 7) is 2.70. The van der Waals surface area contributed by atoms with E-state index in [1.807, 2.05) is 5.32 Å². The Morgan fingerprint density at radius 1 is 1.33 bits per heavy atom. The molecule has 0 spiro atoms. The lowest BCUT2D eigenvalue weighted by Crippen LogP contribution is -2.31. The number of allylic oxidation sites excluding steroid dienone is 1. The molecule has 0 aromatic heterocycles. The van der Waals surface area contributed by atoms with E-state index in [-0.39, 0.29) is 24.3 Å². The van der Waals surface area contributed by atoms with Crippen molar-refractivity contribution in [3.63, 3.8) is 0 Å². The van der Waals surface area contributed by atoms with E-state index in [4.69, 9.17) is 0 Å². The summed E-state index contributed by atoms with van der Waals surface area (Å²) in [6.07, 6.45) is 0.475. The van der Waals surface area contributed by atoms with Gasteiger partial charge in [-0.25, -0.2) is 4.79 Å². The quantitative estimate of drug-likeness (QED) is 0.173. The molecule has 11 heteroatoms. The Hall–Kier alpha value is -2.17. The van der Waals surface area contributed by atoms with Crippen molar-refractivity contribution in [1.82, 2.24) is 10.6 Å². The van der Waals surface area contributed by atoms with Gasteiger partial charge in [0.1, 0.15) is 11.5 Å². The summed E-state index contributed by atoms with van der Waals surface area (Å²) in [5, 5.41) is 14.8. The highest BCUT2D eigenvalue weighted by Gasteiger charge is 2.34. The van der Waals surface area contributed by atoms with Gasteiger partial charge in [-0.3, -0.25) is 25.5 Å². The maximum atomic E-state index is 11.5. The summed E-state index contributed by atoms with van der Waals surface area (Å²) in [5.74, 6) is -1.19. The third-order valence-corrected chi connectivity index (χ3v) is 3.19. The Morgan fingerprint density at radius 3 is 2.29 bits per heavy atom. The largest absolute Gasteiger partial charge is 0.385 e. The van der Waals surface area contributed by atoms with Crippen LogP contribution in [0.15, 0.2) is 11.5 Å². The van der Waals surface area contributed by atoms with Crippen molar-refractivity contribution in [3.8, 4) is 0 Å². The first-order chi connectivity index (χ1) is 9.42. The van der Waals surface area contributed by atoms with Gasteiger partial charge in [0.15, 0.2) is 0 Å². The molecule has 0 bridgehead atoms. The Bertz CT molecular complexity index is 621. The summed E-state index contributed by atoms with van der Waals surface area (Å²) in [4.78, 5) is 32.9. The van der Waals surface area contributed by atoms with Gasteiger partial charge in [-0.05, 0) is 0 Å².